The third-order valence-corrected chi connectivity index (χ3v) is 1.63. The molecule has 12 heavy (non-hydrogen) atoms. The quantitative estimate of drug-likeness (QED) is 0.315. The van der Waals surface area contributed by atoms with E-state index in [9.17, 15) is 21.6 Å². The van der Waals surface area contributed by atoms with Gasteiger partial charge in [-0.1, -0.05) is 6.08 Å². The Morgan fingerprint density at radius 3 is 2.17 bits per heavy atom. The van der Waals surface area contributed by atoms with E-state index in [4.69, 9.17) is 0 Å². The average molecular weight is 214 g/mol. The van der Waals surface area contributed by atoms with Crippen LogP contribution in [0.1, 0.15) is 1.43 Å². The van der Waals surface area contributed by atoms with Gasteiger partial charge in [-0.3, -0.25) is 0 Å². The largest absolute Gasteiger partial charge is 1.00 e. The zero-order valence-corrected chi connectivity index (χ0v) is 9.07. The zero-order chi connectivity index (χ0) is 9.12. The summed E-state index contributed by atoms with van der Waals surface area (Å²) < 4.78 is 56.9. The Morgan fingerprint density at radius 1 is 1.50 bits per heavy atom. The van der Waals surface area contributed by atoms with E-state index >= 15 is 0 Å². The number of halogens is 3. The summed E-state index contributed by atoms with van der Waals surface area (Å²) in [6.45, 7) is 2.95. The van der Waals surface area contributed by atoms with Crippen molar-refractivity contribution in [3.63, 3.8) is 0 Å². The summed E-state index contributed by atoms with van der Waals surface area (Å²) in [5, 5.41) is 0. The molecule has 0 spiro atoms. The molecule has 0 heterocycles. The van der Waals surface area contributed by atoms with Crippen molar-refractivity contribution in [3.05, 3.63) is 12.7 Å². The number of hydrogen-bond acceptors (Lipinski definition) is 3. The van der Waals surface area contributed by atoms with Crippen LogP contribution in [0.25, 0.3) is 0 Å². The van der Waals surface area contributed by atoms with Crippen LogP contribution in [0.5, 0.6) is 0 Å². The standard InChI is InChI=1S/C4H5F3O3S.Na.H/c1-2-3-11(8,9)10-4(5,6)7;;/h2H,1,3H2;;/q;+1;-1. The second-order valence-corrected chi connectivity index (χ2v) is 3.16. The van der Waals surface area contributed by atoms with E-state index in [2.05, 4.69) is 10.8 Å². The molecule has 0 fully saturated rings. The number of rotatable bonds is 3. The summed E-state index contributed by atoms with van der Waals surface area (Å²) in [5.41, 5.74) is 0. The van der Waals surface area contributed by atoms with Crippen molar-refractivity contribution in [2.75, 3.05) is 5.75 Å². The Kier molecular flexibility index (Phi) is 6.51. The molecule has 0 radical (unpaired) electrons. The molecule has 0 unspecified atom stereocenters. The van der Waals surface area contributed by atoms with E-state index in [1.807, 2.05) is 0 Å². The molecule has 0 rings (SSSR count). The van der Waals surface area contributed by atoms with E-state index in [1.165, 1.54) is 0 Å². The predicted molar refractivity (Wildman–Crippen MR) is 32.2 cm³/mol. The van der Waals surface area contributed by atoms with Crippen LogP contribution < -0.4 is 29.6 Å². The average Bonchev–Trinajstić information content (AvgIpc) is 1.55. The van der Waals surface area contributed by atoms with Crippen LogP contribution in [0, 0.1) is 0 Å². The molecule has 0 atom stereocenters. The van der Waals surface area contributed by atoms with Crippen LogP contribution in [-0.4, -0.2) is 20.5 Å². The van der Waals surface area contributed by atoms with E-state index in [0.29, 0.717) is 0 Å². The molecular formula is C4H6F3NaO3S. The minimum absolute atomic E-state index is 0. The maximum Gasteiger partial charge on any atom is 1.00 e. The molecule has 0 aliphatic rings. The van der Waals surface area contributed by atoms with Gasteiger partial charge < -0.3 is 1.43 Å². The topological polar surface area (TPSA) is 43.4 Å². The summed E-state index contributed by atoms with van der Waals surface area (Å²) in [7, 11) is -4.53. The summed E-state index contributed by atoms with van der Waals surface area (Å²) in [4.78, 5) is 0. The van der Waals surface area contributed by atoms with Crippen molar-refractivity contribution in [2.45, 2.75) is 6.36 Å². The van der Waals surface area contributed by atoms with Gasteiger partial charge in [0.1, 0.15) is 0 Å². The minimum Gasteiger partial charge on any atom is -1.00 e. The molecule has 0 bridgehead atoms. The summed E-state index contributed by atoms with van der Waals surface area (Å²) in [6, 6.07) is 0. The van der Waals surface area contributed by atoms with Crippen molar-refractivity contribution < 1.29 is 56.8 Å². The Labute approximate surface area is 91.5 Å². The van der Waals surface area contributed by atoms with Crippen LogP contribution in [0.2, 0.25) is 0 Å². The predicted octanol–water partition coefficient (Wildman–Crippen LogP) is -1.84. The van der Waals surface area contributed by atoms with Gasteiger partial charge in [0.25, 0.3) is 10.1 Å². The van der Waals surface area contributed by atoms with Gasteiger partial charge in [0.15, 0.2) is 0 Å². The fourth-order valence-corrected chi connectivity index (χ4v) is 0.967. The van der Waals surface area contributed by atoms with Crippen molar-refractivity contribution in [1.82, 2.24) is 0 Å². The first kappa shape index (κ1) is 14.9. The van der Waals surface area contributed by atoms with E-state index < -0.39 is 22.2 Å². The third-order valence-electron chi connectivity index (χ3n) is 0.543. The first-order valence-electron chi connectivity index (χ1n) is 2.38. The van der Waals surface area contributed by atoms with Crippen molar-refractivity contribution in [2.24, 2.45) is 0 Å². The Morgan fingerprint density at radius 2 is 1.92 bits per heavy atom. The molecular weight excluding hydrogens is 208 g/mol. The van der Waals surface area contributed by atoms with Crippen molar-refractivity contribution in [1.29, 1.82) is 0 Å². The molecule has 3 nitrogen and oxygen atoms in total. The summed E-state index contributed by atoms with van der Waals surface area (Å²) in [6.07, 6.45) is -4.34. The maximum absolute atomic E-state index is 11.2. The molecule has 0 aromatic heterocycles. The van der Waals surface area contributed by atoms with Gasteiger partial charge in [-0.05, 0) is 0 Å². The first-order valence-corrected chi connectivity index (χ1v) is 3.95. The molecule has 0 aliphatic carbocycles. The number of alkyl halides is 3. The summed E-state index contributed by atoms with van der Waals surface area (Å²) in [5.74, 6) is -0.855. The van der Waals surface area contributed by atoms with Gasteiger partial charge in [-0.15, -0.1) is 19.8 Å². The molecule has 0 saturated carbocycles. The van der Waals surface area contributed by atoms with Gasteiger partial charge in [0.2, 0.25) is 0 Å². The molecule has 0 aliphatic heterocycles. The van der Waals surface area contributed by atoms with Crippen LogP contribution in [0.15, 0.2) is 12.7 Å². The monoisotopic (exact) mass is 214 g/mol. The van der Waals surface area contributed by atoms with Gasteiger partial charge >= 0.3 is 35.9 Å². The molecule has 0 N–H and O–H groups in total. The number of hydrogen-bond donors (Lipinski definition) is 0. The minimum atomic E-state index is -5.15. The molecule has 0 aromatic carbocycles. The van der Waals surface area contributed by atoms with Gasteiger partial charge in [-0.2, -0.15) is 12.6 Å². The molecule has 0 amide bonds. The molecule has 0 aromatic rings. The maximum atomic E-state index is 11.2. The van der Waals surface area contributed by atoms with Crippen molar-refractivity contribution in [3.8, 4) is 0 Å². The van der Waals surface area contributed by atoms with E-state index in [-0.39, 0.29) is 31.0 Å². The van der Waals surface area contributed by atoms with Gasteiger partial charge in [0, 0.05) is 0 Å². The van der Waals surface area contributed by atoms with Gasteiger partial charge in [-0.25, -0.2) is 0 Å². The van der Waals surface area contributed by atoms with Crippen LogP contribution in [-0.2, 0) is 14.3 Å². The fourth-order valence-electron chi connectivity index (χ4n) is 0.322. The van der Waals surface area contributed by atoms with Crippen LogP contribution in [0.4, 0.5) is 13.2 Å². The Balaban J connectivity index is -0.000000500. The SMILES string of the molecule is C=CCS(=O)(=O)OC(F)(F)F.[H-].[Na+]. The normalized spacial score (nSPS) is 11.9. The molecule has 8 heteroatoms. The second kappa shape index (κ2) is 5.23. The summed E-state index contributed by atoms with van der Waals surface area (Å²) >= 11 is 0. The Hall–Kier alpha value is 0.440. The molecule has 0 saturated heterocycles. The van der Waals surface area contributed by atoms with E-state index in [1.54, 1.807) is 0 Å². The first-order chi connectivity index (χ1) is 4.77. The second-order valence-electron chi connectivity index (χ2n) is 1.54. The van der Waals surface area contributed by atoms with Gasteiger partial charge in [0.05, 0.1) is 5.75 Å². The molecule has 68 valence electrons. The van der Waals surface area contributed by atoms with Crippen molar-refractivity contribution >= 4 is 10.1 Å². The fraction of sp³-hybridized carbons (Fsp3) is 0.500. The van der Waals surface area contributed by atoms with Crippen LogP contribution in [0.3, 0.4) is 0 Å². The third kappa shape index (κ3) is 8.54. The zero-order valence-electron chi connectivity index (χ0n) is 7.26. The Bertz CT molecular complexity index is 238. The smallest absolute Gasteiger partial charge is 1.00 e. The van der Waals surface area contributed by atoms with Crippen LogP contribution >= 0.6 is 0 Å². The van der Waals surface area contributed by atoms with E-state index in [0.717, 1.165) is 6.08 Å².